The maximum Gasteiger partial charge on any atom is 0.125 e. The largest absolute Gasteiger partial charge is 0.242 e. The second-order valence-electron chi connectivity index (χ2n) is 3.00. The summed E-state index contributed by atoms with van der Waals surface area (Å²) in [6, 6.07) is 0. The fourth-order valence-electron chi connectivity index (χ4n) is 1.28. The Balaban J connectivity index is 2.60. The molecule has 58 valence electrons. The lowest BCUT2D eigenvalue weighted by Crippen LogP contribution is -2.26. The summed E-state index contributed by atoms with van der Waals surface area (Å²) >= 11 is 5.79. The molecule has 1 aliphatic rings. The number of hydrogen-bond donors (Lipinski definition) is 0. The Morgan fingerprint density at radius 2 is 2.20 bits per heavy atom. The van der Waals surface area contributed by atoms with E-state index in [0.717, 1.165) is 12.8 Å². The van der Waals surface area contributed by atoms with E-state index in [1.165, 1.54) is 0 Å². The van der Waals surface area contributed by atoms with E-state index in [1.807, 2.05) is 6.92 Å². The van der Waals surface area contributed by atoms with Gasteiger partial charge in [-0.2, -0.15) is 0 Å². The van der Waals surface area contributed by atoms with Crippen LogP contribution < -0.4 is 0 Å². The molecule has 3 unspecified atom stereocenters. The highest BCUT2D eigenvalue weighted by Crippen LogP contribution is 2.33. The molecule has 0 nitrogen and oxygen atoms in total. The zero-order valence-electron chi connectivity index (χ0n) is 6.11. The Morgan fingerprint density at radius 1 is 1.60 bits per heavy atom. The SMILES string of the molecule is C=C1C(Cl)CCC(C)C1F. The summed E-state index contributed by atoms with van der Waals surface area (Å²) in [4.78, 5) is 0. The molecule has 0 radical (unpaired) electrons. The van der Waals surface area contributed by atoms with Crippen molar-refractivity contribution in [1.82, 2.24) is 0 Å². The highest BCUT2D eigenvalue weighted by molar-refractivity contribution is 6.22. The molecule has 0 aromatic heterocycles. The maximum absolute atomic E-state index is 13.0. The fourth-order valence-corrected chi connectivity index (χ4v) is 1.53. The van der Waals surface area contributed by atoms with Gasteiger partial charge in [0, 0.05) is 0 Å². The van der Waals surface area contributed by atoms with Crippen molar-refractivity contribution in [3.8, 4) is 0 Å². The van der Waals surface area contributed by atoms with E-state index in [2.05, 4.69) is 6.58 Å². The van der Waals surface area contributed by atoms with E-state index in [-0.39, 0.29) is 11.3 Å². The van der Waals surface area contributed by atoms with Gasteiger partial charge in [0.1, 0.15) is 6.17 Å². The predicted octanol–water partition coefficient (Wildman–Crippen LogP) is 2.92. The summed E-state index contributed by atoms with van der Waals surface area (Å²) in [6.07, 6.45) is 0.882. The van der Waals surface area contributed by atoms with E-state index < -0.39 is 6.17 Å². The molecule has 0 bridgehead atoms. The van der Waals surface area contributed by atoms with Gasteiger partial charge < -0.3 is 0 Å². The molecule has 10 heavy (non-hydrogen) atoms. The summed E-state index contributed by atoms with van der Waals surface area (Å²) in [6.45, 7) is 5.52. The zero-order valence-corrected chi connectivity index (χ0v) is 6.87. The van der Waals surface area contributed by atoms with Crippen LogP contribution in [0, 0.1) is 5.92 Å². The van der Waals surface area contributed by atoms with Crippen molar-refractivity contribution in [2.24, 2.45) is 5.92 Å². The maximum atomic E-state index is 13.0. The Kier molecular flexibility index (Phi) is 2.35. The molecule has 0 amide bonds. The first kappa shape index (κ1) is 8.06. The quantitative estimate of drug-likeness (QED) is 0.380. The molecule has 0 heterocycles. The molecule has 1 saturated carbocycles. The third kappa shape index (κ3) is 1.34. The fraction of sp³-hybridized carbons (Fsp3) is 0.750. The molecular weight excluding hydrogens is 151 g/mol. The molecule has 0 spiro atoms. The number of hydrogen-bond acceptors (Lipinski definition) is 0. The number of rotatable bonds is 0. The van der Waals surface area contributed by atoms with E-state index in [4.69, 9.17) is 11.6 Å². The monoisotopic (exact) mass is 162 g/mol. The van der Waals surface area contributed by atoms with Crippen molar-refractivity contribution in [2.45, 2.75) is 31.3 Å². The van der Waals surface area contributed by atoms with Gasteiger partial charge in [-0.3, -0.25) is 0 Å². The first-order chi connectivity index (χ1) is 4.63. The number of allylic oxidation sites excluding steroid dienone is 1. The van der Waals surface area contributed by atoms with Crippen molar-refractivity contribution >= 4 is 11.6 Å². The lowest BCUT2D eigenvalue weighted by molar-refractivity contribution is 0.239. The standard InChI is InChI=1S/C8H12ClF/c1-5-3-4-7(9)6(2)8(5)10/h5,7-8H,2-4H2,1H3. The Bertz CT molecular complexity index is 144. The predicted molar refractivity (Wildman–Crippen MR) is 42.1 cm³/mol. The minimum absolute atomic E-state index is 0.113. The van der Waals surface area contributed by atoms with Crippen LogP contribution in [0.5, 0.6) is 0 Å². The van der Waals surface area contributed by atoms with Gasteiger partial charge >= 0.3 is 0 Å². The summed E-state index contributed by atoms with van der Waals surface area (Å²) in [5, 5.41) is -0.133. The molecule has 1 rings (SSSR count). The first-order valence-electron chi connectivity index (χ1n) is 3.59. The van der Waals surface area contributed by atoms with Gasteiger partial charge in [0.2, 0.25) is 0 Å². The summed E-state index contributed by atoms with van der Waals surface area (Å²) in [7, 11) is 0. The molecular formula is C8H12ClF. The lowest BCUT2D eigenvalue weighted by atomic mass is 9.85. The van der Waals surface area contributed by atoms with Crippen LogP contribution in [0.1, 0.15) is 19.8 Å². The van der Waals surface area contributed by atoms with Crippen LogP contribution in [-0.4, -0.2) is 11.5 Å². The van der Waals surface area contributed by atoms with Gasteiger partial charge in [0.25, 0.3) is 0 Å². The van der Waals surface area contributed by atoms with E-state index >= 15 is 0 Å². The Labute approximate surface area is 66.1 Å². The Hall–Kier alpha value is -0.0400. The zero-order chi connectivity index (χ0) is 7.72. The van der Waals surface area contributed by atoms with Gasteiger partial charge in [-0.1, -0.05) is 13.5 Å². The van der Waals surface area contributed by atoms with Crippen LogP contribution >= 0.6 is 11.6 Å². The molecule has 3 atom stereocenters. The molecule has 1 fully saturated rings. The van der Waals surface area contributed by atoms with Crippen LogP contribution in [0.15, 0.2) is 12.2 Å². The molecule has 0 aromatic carbocycles. The molecule has 0 aliphatic heterocycles. The molecule has 0 saturated heterocycles. The van der Waals surface area contributed by atoms with Gasteiger partial charge in [0.15, 0.2) is 0 Å². The van der Waals surface area contributed by atoms with Gasteiger partial charge in [-0.25, -0.2) is 4.39 Å². The molecule has 1 aliphatic carbocycles. The number of alkyl halides is 2. The first-order valence-corrected chi connectivity index (χ1v) is 4.03. The number of halogens is 2. The minimum Gasteiger partial charge on any atom is -0.242 e. The average Bonchev–Trinajstić information content (AvgIpc) is 1.93. The minimum atomic E-state index is -0.878. The molecule has 2 heteroatoms. The second-order valence-corrected chi connectivity index (χ2v) is 3.53. The third-order valence-corrected chi connectivity index (χ3v) is 2.63. The third-order valence-electron chi connectivity index (χ3n) is 2.13. The van der Waals surface area contributed by atoms with Crippen molar-refractivity contribution < 1.29 is 4.39 Å². The highest BCUT2D eigenvalue weighted by atomic mass is 35.5. The van der Waals surface area contributed by atoms with Crippen molar-refractivity contribution in [3.05, 3.63) is 12.2 Å². The van der Waals surface area contributed by atoms with Gasteiger partial charge in [-0.05, 0) is 24.3 Å². The summed E-state index contributed by atoms with van der Waals surface area (Å²) in [5.74, 6) is 0.113. The van der Waals surface area contributed by atoms with Crippen LogP contribution in [0.3, 0.4) is 0 Å². The van der Waals surface area contributed by atoms with E-state index in [9.17, 15) is 4.39 Å². The molecule has 0 N–H and O–H groups in total. The van der Waals surface area contributed by atoms with Gasteiger partial charge in [0.05, 0.1) is 5.38 Å². The van der Waals surface area contributed by atoms with Crippen LogP contribution in [0.25, 0.3) is 0 Å². The van der Waals surface area contributed by atoms with E-state index in [1.54, 1.807) is 0 Å². The van der Waals surface area contributed by atoms with E-state index in [0.29, 0.717) is 5.57 Å². The Morgan fingerprint density at radius 3 is 2.70 bits per heavy atom. The van der Waals surface area contributed by atoms with Crippen molar-refractivity contribution in [1.29, 1.82) is 0 Å². The molecule has 0 aromatic rings. The van der Waals surface area contributed by atoms with Gasteiger partial charge in [-0.15, -0.1) is 11.6 Å². The highest BCUT2D eigenvalue weighted by Gasteiger charge is 2.29. The normalized spacial score (nSPS) is 41.9. The summed E-state index contributed by atoms with van der Waals surface area (Å²) < 4.78 is 13.0. The van der Waals surface area contributed by atoms with Crippen LogP contribution in [0.2, 0.25) is 0 Å². The average molecular weight is 163 g/mol. The second kappa shape index (κ2) is 2.91. The van der Waals surface area contributed by atoms with Crippen molar-refractivity contribution in [2.75, 3.05) is 0 Å². The van der Waals surface area contributed by atoms with Crippen molar-refractivity contribution in [3.63, 3.8) is 0 Å². The van der Waals surface area contributed by atoms with Crippen LogP contribution in [0.4, 0.5) is 4.39 Å². The summed E-state index contributed by atoms with van der Waals surface area (Å²) in [5.41, 5.74) is 0.570. The van der Waals surface area contributed by atoms with Crippen LogP contribution in [-0.2, 0) is 0 Å². The smallest absolute Gasteiger partial charge is 0.125 e. The topological polar surface area (TPSA) is 0 Å². The lowest BCUT2D eigenvalue weighted by Gasteiger charge is -2.28.